The molecule has 3 fully saturated rings. The third-order valence-electron chi connectivity index (χ3n) is 7.04. The fraction of sp³-hybridized carbons (Fsp3) is 0.375. The number of methoxy groups -OCH3 is 2. The lowest BCUT2D eigenvalue weighted by atomic mass is 9.81. The van der Waals surface area contributed by atoms with Crippen LogP contribution < -0.4 is 19.7 Å². The number of amides is 3. The topological polar surface area (TPSA) is 84.9 Å². The largest absolute Gasteiger partial charge is 0.497 e. The zero-order valence-electron chi connectivity index (χ0n) is 17.8. The molecule has 32 heavy (non-hydrogen) atoms. The summed E-state index contributed by atoms with van der Waals surface area (Å²) in [4.78, 5) is 40.5. The van der Waals surface area contributed by atoms with Gasteiger partial charge in [0.2, 0.25) is 11.8 Å². The average molecular weight is 455 g/mol. The first-order valence-electron chi connectivity index (χ1n) is 10.6. The molecule has 2 aromatic carbocycles. The maximum atomic E-state index is 13.1. The molecule has 2 aliphatic carbocycles. The Morgan fingerprint density at radius 3 is 2.31 bits per heavy atom. The van der Waals surface area contributed by atoms with Gasteiger partial charge in [-0.25, -0.2) is 0 Å². The molecule has 7 nitrogen and oxygen atoms in total. The molecule has 8 heteroatoms. The molecule has 3 aliphatic rings. The van der Waals surface area contributed by atoms with Crippen molar-refractivity contribution in [2.45, 2.75) is 19.3 Å². The first-order chi connectivity index (χ1) is 15.4. The Bertz CT molecular complexity index is 1110. The molecule has 0 spiro atoms. The van der Waals surface area contributed by atoms with Crippen molar-refractivity contribution >= 4 is 40.7 Å². The summed E-state index contributed by atoms with van der Waals surface area (Å²) >= 11 is 6.31. The molecular weight excluding hydrogens is 432 g/mol. The summed E-state index contributed by atoms with van der Waals surface area (Å²) in [6.07, 6.45) is 2.99. The van der Waals surface area contributed by atoms with Crippen LogP contribution in [0.15, 0.2) is 36.4 Å². The van der Waals surface area contributed by atoms with Crippen molar-refractivity contribution < 1.29 is 23.9 Å². The Labute approximate surface area is 190 Å². The Hall–Kier alpha value is -3.06. The molecule has 0 aromatic heterocycles. The molecule has 166 valence electrons. The number of carbonyl (C=O) groups is 3. The zero-order valence-corrected chi connectivity index (χ0v) is 18.5. The van der Waals surface area contributed by atoms with Crippen LogP contribution in [0.25, 0.3) is 0 Å². The Morgan fingerprint density at radius 1 is 1.00 bits per heavy atom. The Balaban J connectivity index is 1.43. The first kappa shape index (κ1) is 20.8. The lowest BCUT2D eigenvalue weighted by molar-refractivity contribution is -0.123. The van der Waals surface area contributed by atoms with E-state index >= 15 is 0 Å². The summed E-state index contributed by atoms with van der Waals surface area (Å²) in [7, 11) is 3.03. The summed E-state index contributed by atoms with van der Waals surface area (Å²) in [5, 5.41) is 3.00. The molecule has 1 N–H and O–H groups in total. The van der Waals surface area contributed by atoms with E-state index in [2.05, 4.69) is 5.32 Å². The zero-order chi connectivity index (χ0) is 22.6. The summed E-state index contributed by atoms with van der Waals surface area (Å²) in [6, 6.07) is 9.68. The van der Waals surface area contributed by atoms with Crippen LogP contribution in [0.5, 0.6) is 11.5 Å². The van der Waals surface area contributed by atoms with Gasteiger partial charge in [0, 0.05) is 6.07 Å². The molecule has 5 rings (SSSR count). The standard InChI is InChI=1S/C24H23ClN2O5/c1-31-15-6-8-18(19(11-15)32-2)26-22(28)16-10-14(5-7-17(16)25)27-23(29)20-12-3-4-13(9-12)21(20)24(27)30/h5-8,10-13,20-21H,3-4,9H2,1-2H3,(H,26,28)/t12-,13-,20-,21-/m0/s1. The molecule has 2 aromatic rings. The lowest BCUT2D eigenvalue weighted by Crippen LogP contribution is -2.33. The number of hydrogen-bond acceptors (Lipinski definition) is 5. The van der Waals surface area contributed by atoms with Crippen molar-refractivity contribution in [3.63, 3.8) is 0 Å². The summed E-state index contributed by atoms with van der Waals surface area (Å²) in [5.41, 5.74) is 0.993. The van der Waals surface area contributed by atoms with Gasteiger partial charge < -0.3 is 14.8 Å². The molecule has 1 aliphatic heterocycles. The van der Waals surface area contributed by atoms with Gasteiger partial charge in [-0.15, -0.1) is 0 Å². The number of ether oxygens (including phenoxy) is 2. The molecule has 0 unspecified atom stereocenters. The van der Waals surface area contributed by atoms with E-state index in [-0.39, 0.29) is 34.2 Å². The summed E-state index contributed by atoms with van der Waals surface area (Å²) in [5.74, 6) is 0.377. The van der Waals surface area contributed by atoms with Crippen molar-refractivity contribution in [3.8, 4) is 11.5 Å². The van der Waals surface area contributed by atoms with Crippen LogP contribution in [0, 0.1) is 23.7 Å². The molecule has 2 saturated carbocycles. The van der Waals surface area contributed by atoms with Gasteiger partial charge in [0.1, 0.15) is 11.5 Å². The Morgan fingerprint density at radius 2 is 1.69 bits per heavy atom. The number of carbonyl (C=O) groups excluding carboxylic acids is 3. The van der Waals surface area contributed by atoms with Crippen LogP contribution in [0.4, 0.5) is 11.4 Å². The predicted octanol–water partition coefficient (Wildman–Crippen LogP) is 4.15. The fourth-order valence-corrected chi connectivity index (χ4v) is 5.78. The van der Waals surface area contributed by atoms with E-state index in [1.54, 1.807) is 37.4 Å². The van der Waals surface area contributed by atoms with Gasteiger partial charge in [0.15, 0.2) is 0 Å². The highest BCUT2D eigenvalue weighted by atomic mass is 35.5. The van der Waals surface area contributed by atoms with Crippen LogP contribution >= 0.6 is 11.6 Å². The van der Waals surface area contributed by atoms with Crippen molar-refractivity contribution in [2.75, 3.05) is 24.4 Å². The number of imide groups is 1. The van der Waals surface area contributed by atoms with E-state index in [1.165, 1.54) is 18.1 Å². The van der Waals surface area contributed by atoms with Crippen LogP contribution in [0.2, 0.25) is 5.02 Å². The summed E-state index contributed by atoms with van der Waals surface area (Å²) < 4.78 is 10.5. The van der Waals surface area contributed by atoms with Crippen molar-refractivity contribution in [2.24, 2.45) is 23.7 Å². The van der Waals surface area contributed by atoms with Gasteiger partial charge in [0.25, 0.3) is 5.91 Å². The van der Waals surface area contributed by atoms with E-state index < -0.39 is 5.91 Å². The van der Waals surface area contributed by atoms with E-state index in [9.17, 15) is 14.4 Å². The van der Waals surface area contributed by atoms with E-state index in [0.717, 1.165) is 19.3 Å². The molecule has 4 atom stereocenters. The number of halogens is 1. The summed E-state index contributed by atoms with van der Waals surface area (Å²) in [6.45, 7) is 0. The van der Waals surface area contributed by atoms with Gasteiger partial charge in [-0.05, 0) is 61.4 Å². The van der Waals surface area contributed by atoms with Gasteiger partial charge in [-0.1, -0.05) is 11.6 Å². The maximum Gasteiger partial charge on any atom is 0.257 e. The normalized spacial score (nSPS) is 25.8. The third kappa shape index (κ3) is 3.14. The van der Waals surface area contributed by atoms with Crippen LogP contribution in [-0.2, 0) is 9.59 Å². The first-order valence-corrected chi connectivity index (χ1v) is 11.0. The van der Waals surface area contributed by atoms with Crippen molar-refractivity contribution in [1.29, 1.82) is 0 Å². The third-order valence-corrected chi connectivity index (χ3v) is 7.37. The van der Waals surface area contributed by atoms with Crippen molar-refractivity contribution in [1.82, 2.24) is 0 Å². The van der Waals surface area contributed by atoms with Crippen molar-refractivity contribution in [3.05, 3.63) is 47.0 Å². The number of nitrogens with zero attached hydrogens (tertiary/aromatic N) is 1. The number of fused-ring (bicyclic) bond motifs is 5. The molecule has 3 amide bonds. The monoisotopic (exact) mass is 454 g/mol. The SMILES string of the molecule is COc1ccc(NC(=O)c2cc(N3C(=O)[C@H]4[C@H]5CC[C@@H](C5)[C@@H]4C3=O)ccc2Cl)c(OC)c1. The van der Waals surface area contributed by atoms with Crippen LogP contribution in [0.1, 0.15) is 29.6 Å². The minimum Gasteiger partial charge on any atom is -0.497 e. The second-order valence-electron chi connectivity index (χ2n) is 8.58. The van der Waals surface area contributed by atoms with Gasteiger partial charge in [0.05, 0.1) is 48.0 Å². The second-order valence-corrected chi connectivity index (χ2v) is 8.99. The molecule has 2 bridgehead atoms. The highest BCUT2D eigenvalue weighted by molar-refractivity contribution is 6.35. The molecular formula is C24H23ClN2O5. The van der Waals surface area contributed by atoms with Gasteiger partial charge in [-0.3, -0.25) is 19.3 Å². The van der Waals surface area contributed by atoms with Gasteiger partial charge >= 0.3 is 0 Å². The van der Waals surface area contributed by atoms with E-state index in [1.807, 2.05) is 0 Å². The maximum absolute atomic E-state index is 13.1. The lowest BCUT2D eigenvalue weighted by Gasteiger charge is -2.19. The highest BCUT2D eigenvalue weighted by Gasteiger charge is 2.61. The van der Waals surface area contributed by atoms with Crippen LogP contribution in [0.3, 0.4) is 0 Å². The number of hydrogen-bond donors (Lipinski definition) is 1. The number of rotatable bonds is 5. The van der Waals surface area contributed by atoms with Gasteiger partial charge in [-0.2, -0.15) is 0 Å². The fourth-order valence-electron chi connectivity index (χ4n) is 5.58. The quantitative estimate of drug-likeness (QED) is 0.686. The van der Waals surface area contributed by atoms with E-state index in [4.69, 9.17) is 21.1 Å². The van der Waals surface area contributed by atoms with E-state index in [0.29, 0.717) is 34.7 Å². The number of benzene rings is 2. The highest BCUT2D eigenvalue weighted by Crippen LogP contribution is 2.56. The predicted molar refractivity (Wildman–Crippen MR) is 119 cm³/mol. The smallest absolute Gasteiger partial charge is 0.257 e. The molecule has 1 heterocycles. The second kappa shape index (κ2) is 7.81. The molecule has 0 radical (unpaired) electrons. The Kier molecular flexibility index (Phi) is 5.08. The van der Waals surface area contributed by atoms with Crippen LogP contribution in [-0.4, -0.2) is 31.9 Å². The number of nitrogens with one attached hydrogen (secondary N) is 1. The average Bonchev–Trinajstić information content (AvgIpc) is 3.48. The minimum atomic E-state index is -0.473. The number of anilines is 2. The molecule has 1 saturated heterocycles. The minimum absolute atomic E-state index is 0.155.